The summed E-state index contributed by atoms with van der Waals surface area (Å²) in [6, 6.07) is 0. The molecule has 0 aromatic carbocycles. The van der Waals surface area contributed by atoms with Crippen LogP contribution in [0.4, 0.5) is 0 Å². The van der Waals surface area contributed by atoms with Crippen LogP contribution in [0.5, 0.6) is 0 Å². The maximum atomic E-state index is 3.65. The molecule has 0 spiro atoms. The maximum absolute atomic E-state index is 3.65. The van der Waals surface area contributed by atoms with E-state index in [0.29, 0.717) is 0 Å². The lowest BCUT2D eigenvalue weighted by Gasteiger charge is -2.03. The van der Waals surface area contributed by atoms with Gasteiger partial charge in [0.05, 0.1) is 20.6 Å². The summed E-state index contributed by atoms with van der Waals surface area (Å²) in [4.78, 5) is 1.52. The highest BCUT2D eigenvalue weighted by Gasteiger charge is 1.88. The summed E-state index contributed by atoms with van der Waals surface area (Å²) in [6.07, 6.45) is 4.40. The smallest absolute Gasteiger partial charge is 0.0769 e. The summed E-state index contributed by atoms with van der Waals surface area (Å²) in [5, 5.41) is 0. The Labute approximate surface area is 52.0 Å². The third-order valence-corrected chi connectivity index (χ3v) is 1.09. The van der Waals surface area contributed by atoms with Crippen LogP contribution in [0.3, 0.4) is 0 Å². The Kier molecular flexibility index (Phi) is 4.67. The van der Waals surface area contributed by atoms with E-state index in [4.69, 9.17) is 0 Å². The highest BCUT2D eigenvalue weighted by Crippen LogP contribution is 1.82. The molecular weight excluding hydrogens is 98.1 g/mol. The van der Waals surface area contributed by atoms with Crippen molar-refractivity contribution >= 4 is 0 Å². The van der Waals surface area contributed by atoms with Crippen LogP contribution in [0.1, 0.15) is 12.8 Å². The highest BCUT2D eigenvalue weighted by atomic mass is 15.0. The van der Waals surface area contributed by atoms with Gasteiger partial charge in [-0.1, -0.05) is 6.08 Å². The van der Waals surface area contributed by atoms with E-state index in [0.717, 1.165) is 6.42 Å². The molecule has 0 fully saturated rings. The number of hydrogen-bond acceptors (Lipinski definition) is 0. The molecule has 1 N–H and O–H groups in total. The fourth-order valence-electron chi connectivity index (χ4n) is 0.600. The molecule has 0 radical (unpaired) electrons. The predicted octanol–water partition coefficient (Wildman–Crippen LogP) is 0.0971. The van der Waals surface area contributed by atoms with Crippen molar-refractivity contribution < 1.29 is 4.90 Å². The number of hydrogen-bond donors (Lipinski definition) is 1. The summed E-state index contributed by atoms with van der Waals surface area (Å²) >= 11 is 0. The third-order valence-electron chi connectivity index (χ3n) is 1.09. The first kappa shape index (κ1) is 7.70. The summed E-state index contributed by atoms with van der Waals surface area (Å²) in [7, 11) is 4.34. The molecule has 0 aliphatic heterocycles. The molecule has 48 valence electrons. The molecule has 0 aromatic rings. The Bertz CT molecular complexity index is 57.4. The van der Waals surface area contributed by atoms with E-state index < -0.39 is 0 Å². The van der Waals surface area contributed by atoms with Gasteiger partial charge in [0, 0.05) is 0 Å². The number of unbranched alkanes of at least 4 members (excludes halogenated alkanes) is 1. The Morgan fingerprint density at radius 2 is 2.12 bits per heavy atom. The van der Waals surface area contributed by atoms with E-state index in [1.54, 1.807) is 0 Å². The molecular formula is C7H16N+. The normalized spacial score (nSPS) is 9.88. The van der Waals surface area contributed by atoms with Crippen molar-refractivity contribution in [2.24, 2.45) is 0 Å². The molecule has 0 heterocycles. The maximum Gasteiger partial charge on any atom is 0.0769 e. The van der Waals surface area contributed by atoms with Gasteiger partial charge >= 0.3 is 0 Å². The van der Waals surface area contributed by atoms with Crippen LogP contribution in [0, 0.1) is 0 Å². The van der Waals surface area contributed by atoms with Crippen molar-refractivity contribution in [2.45, 2.75) is 12.8 Å². The molecule has 0 aliphatic rings. The van der Waals surface area contributed by atoms with E-state index in [9.17, 15) is 0 Å². The number of nitrogens with one attached hydrogen (secondary N) is 1. The summed E-state index contributed by atoms with van der Waals surface area (Å²) in [5.74, 6) is 0. The zero-order valence-corrected chi connectivity index (χ0v) is 5.91. The SMILES string of the molecule is C=CCCC[NH+](C)C. The van der Waals surface area contributed by atoms with Gasteiger partial charge in [-0.05, 0) is 12.8 Å². The van der Waals surface area contributed by atoms with Crippen LogP contribution in [0.15, 0.2) is 12.7 Å². The lowest BCUT2D eigenvalue weighted by molar-refractivity contribution is -0.858. The average Bonchev–Trinajstić information content (AvgIpc) is 1.66. The van der Waals surface area contributed by atoms with Crippen LogP contribution in [-0.4, -0.2) is 20.6 Å². The second-order valence-electron chi connectivity index (χ2n) is 2.39. The van der Waals surface area contributed by atoms with Gasteiger partial charge in [-0.2, -0.15) is 0 Å². The minimum Gasteiger partial charge on any atom is -0.340 e. The van der Waals surface area contributed by atoms with Crippen LogP contribution in [0.25, 0.3) is 0 Å². The molecule has 1 heteroatoms. The van der Waals surface area contributed by atoms with Crippen LogP contribution in [-0.2, 0) is 0 Å². The van der Waals surface area contributed by atoms with Crippen molar-refractivity contribution in [1.82, 2.24) is 0 Å². The van der Waals surface area contributed by atoms with Gasteiger partial charge in [-0.3, -0.25) is 0 Å². The van der Waals surface area contributed by atoms with Gasteiger partial charge in [0.15, 0.2) is 0 Å². The molecule has 0 saturated heterocycles. The number of rotatable bonds is 4. The van der Waals surface area contributed by atoms with Gasteiger partial charge in [-0.15, -0.1) is 6.58 Å². The molecule has 0 aliphatic carbocycles. The summed E-state index contributed by atoms with van der Waals surface area (Å²) < 4.78 is 0. The zero-order chi connectivity index (χ0) is 6.41. The van der Waals surface area contributed by atoms with Gasteiger partial charge in [-0.25, -0.2) is 0 Å². The molecule has 0 rings (SSSR count). The second-order valence-corrected chi connectivity index (χ2v) is 2.39. The van der Waals surface area contributed by atoms with E-state index in [1.165, 1.54) is 17.9 Å². The second kappa shape index (κ2) is 4.85. The summed E-state index contributed by atoms with van der Waals surface area (Å²) in [6.45, 7) is 4.90. The predicted molar refractivity (Wildman–Crippen MR) is 37.1 cm³/mol. The van der Waals surface area contributed by atoms with Gasteiger partial charge in [0.25, 0.3) is 0 Å². The first-order chi connectivity index (χ1) is 3.77. The van der Waals surface area contributed by atoms with E-state index in [2.05, 4.69) is 20.7 Å². The molecule has 0 bridgehead atoms. The van der Waals surface area contributed by atoms with Crippen molar-refractivity contribution in [2.75, 3.05) is 20.6 Å². The van der Waals surface area contributed by atoms with E-state index in [-0.39, 0.29) is 0 Å². The van der Waals surface area contributed by atoms with Gasteiger partial charge < -0.3 is 4.90 Å². The first-order valence-electron chi connectivity index (χ1n) is 3.17. The molecule has 0 atom stereocenters. The van der Waals surface area contributed by atoms with Crippen molar-refractivity contribution in [3.8, 4) is 0 Å². The Hall–Kier alpha value is -0.300. The van der Waals surface area contributed by atoms with Crippen LogP contribution in [0.2, 0.25) is 0 Å². The largest absolute Gasteiger partial charge is 0.340 e. The third kappa shape index (κ3) is 5.70. The Morgan fingerprint density at radius 1 is 1.50 bits per heavy atom. The van der Waals surface area contributed by atoms with Gasteiger partial charge in [0.2, 0.25) is 0 Å². The minimum atomic E-state index is 1.16. The van der Waals surface area contributed by atoms with Crippen molar-refractivity contribution in [3.63, 3.8) is 0 Å². The molecule has 8 heavy (non-hydrogen) atoms. The van der Waals surface area contributed by atoms with E-state index in [1.807, 2.05) is 6.08 Å². The fourth-order valence-corrected chi connectivity index (χ4v) is 0.600. The molecule has 0 saturated carbocycles. The minimum absolute atomic E-state index is 1.16. The average molecular weight is 114 g/mol. The quantitative estimate of drug-likeness (QED) is 0.390. The monoisotopic (exact) mass is 114 g/mol. The highest BCUT2D eigenvalue weighted by molar-refractivity contribution is 4.64. The van der Waals surface area contributed by atoms with Gasteiger partial charge in [0.1, 0.15) is 0 Å². The Balaban J connectivity index is 2.81. The zero-order valence-electron chi connectivity index (χ0n) is 5.91. The van der Waals surface area contributed by atoms with Crippen molar-refractivity contribution in [3.05, 3.63) is 12.7 Å². The molecule has 1 nitrogen and oxygen atoms in total. The molecule has 0 aromatic heterocycles. The van der Waals surface area contributed by atoms with Crippen LogP contribution < -0.4 is 4.90 Å². The fraction of sp³-hybridized carbons (Fsp3) is 0.714. The van der Waals surface area contributed by atoms with Crippen molar-refractivity contribution in [1.29, 1.82) is 0 Å². The van der Waals surface area contributed by atoms with E-state index >= 15 is 0 Å². The standard InChI is InChI=1S/C7H15N/c1-4-5-6-7-8(2)3/h4H,1,5-7H2,2-3H3/p+1. The lowest BCUT2D eigenvalue weighted by Crippen LogP contribution is -3.05. The summed E-state index contributed by atoms with van der Waals surface area (Å²) in [5.41, 5.74) is 0. The number of quaternary nitrogens is 1. The Morgan fingerprint density at radius 3 is 2.50 bits per heavy atom. The molecule has 0 amide bonds. The lowest BCUT2D eigenvalue weighted by atomic mass is 10.3. The first-order valence-corrected chi connectivity index (χ1v) is 3.17. The topological polar surface area (TPSA) is 4.44 Å². The van der Waals surface area contributed by atoms with Crippen LogP contribution >= 0.6 is 0 Å². The number of allylic oxidation sites excluding steroid dienone is 1. The molecule has 0 unspecified atom stereocenters.